The molecule has 0 aromatic rings. The molecule has 1 atom stereocenters. The molecule has 0 rings (SSSR count). The van der Waals surface area contributed by atoms with Crippen LogP contribution in [0.2, 0.25) is 0 Å². The van der Waals surface area contributed by atoms with Gasteiger partial charge < -0.3 is 4.74 Å². The predicted molar refractivity (Wildman–Crippen MR) is 52.8 cm³/mol. The van der Waals surface area contributed by atoms with Gasteiger partial charge in [0.05, 0.1) is 6.61 Å². The Morgan fingerprint density at radius 1 is 1.58 bits per heavy atom. The molecule has 0 aliphatic heterocycles. The molecule has 1 amide bonds. The van der Waals surface area contributed by atoms with Crippen LogP contribution in [0.5, 0.6) is 0 Å². The molecule has 0 fully saturated rings. The van der Waals surface area contributed by atoms with Gasteiger partial charge in [-0.2, -0.15) is 0 Å². The van der Waals surface area contributed by atoms with E-state index in [1.165, 1.54) is 0 Å². The van der Waals surface area contributed by atoms with Crippen molar-refractivity contribution < 1.29 is 9.53 Å². The highest BCUT2D eigenvalue weighted by molar-refractivity contribution is 7.35. The topological polar surface area (TPSA) is 29.5 Å². The fourth-order valence-corrected chi connectivity index (χ4v) is 1.26. The van der Waals surface area contributed by atoms with E-state index >= 15 is 0 Å². The second kappa shape index (κ2) is 6.24. The van der Waals surface area contributed by atoms with Crippen molar-refractivity contribution in [2.45, 2.75) is 20.8 Å². The fourth-order valence-electron chi connectivity index (χ4n) is 0.694. The normalized spacial score (nSPS) is 11.1. The van der Waals surface area contributed by atoms with Crippen LogP contribution in [0.25, 0.3) is 0 Å². The van der Waals surface area contributed by atoms with Gasteiger partial charge in [0, 0.05) is 6.54 Å². The summed E-state index contributed by atoms with van der Waals surface area (Å²) in [4.78, 5) is 11.2. The van der Waals surface area contributed by atoms with Crippen LogP contribution in [-0.2, 0) is 4.74 Å². The van der Waals surface area contributed by atoms with Crippen LogP contribution in [0, 0.1) is 5.92 Å². The van der Waals surface area contributed by atoms with Crippen LogP contribution < -0.4 is 0 Å². The first-order valence-corrected chi connectivity index (χ1v) is 5.68. The number of ether oxygens (including phenoxy) is 1. The van der Waals surface area contributed by atoms with Crippen LogP contribution in [-0.4, -0.2) is 30.6 Å². The van der Waals surface area contributed by atoms with E-state index in [0.29, 0.717) is 21.3 Å². The molecule has 0 heterocycles. The van der Waals surface area contributed by atoms with Gasteiger partial charge in [0.25, 0.3) is 0 Å². The summed E-state index contributed by atoms with van der Waals surface area (Å²) in [5.41, 5.74) is 0. The number of nitrogens with zero attached hydrogens (tertiary/aromatic N) is 1. The summed E-state index contributed by atoms with van der Waals surface area (Å²) in [5.74, 6) is 0.410. The number of rotatable bonds is 4. The van der Waals surface area contributed by atoms with Gasteiger partial charge in [0.1, 0.15) is 0 Å². The van der Waals surface area contributed by atoms with Crippen molar-refractivity contribution in [3.8, 4) is 0 Å². The van der Waals surface area contributed by atoms with Gasteiger partial charge in [-0.15, -0.1) is 0 Å². The lowest BCUT2D eigenvalue weighted by atomic mass is 10.2. The fraction of sp³-hybridized carbons (Fsp3) is 0.875. The smallest absolute Gasteiger partial charge is 0.412 e. The molecule has 0 saturated heterocycles. The Morgan fingerprint density at radius 2 is 2.17 bits per heavy atom. The Morgan fingerprint density at radius 3 is 2.50 bits per heavy atom. The van der Waals surface area contributed by atoms with Crippen molar-refractivity contribution in [3.63, 3.8) is 0 Å². The average Bonchev–Trinajstić information content (AvgIpc) is 2.03. The van der Waals surface area contributed by atoms with Crippen molar-refractivity contribution >= 4 is 14.8 Å². The summed E-state index contributed by atoms with van der Waals surface area (Å²) in [5, 5.41) is 0. The van der Waals surface area contributed by atoms with Gasteiger partial charge in [-0.05, 0) is 28.2 Å². The number of carbonyl (C=O) groups is 1. The molecule has 0 bridgehead atoms. The van der Waals surface area contributed by atoms with E-state index in [1.54, 1.807) is 4.67 Å². The molecular weight excluding hydrogens is 173 g/mol. The summed E-state index contributed by atoms with van der Waals surface area (Å²) in [6, 6.07) is 0. The molecule has 1 unspecified atom stereocenters. The third-order valence-electron chi connectivity index (χ3n) is 1.35. The van der Waals surface area contributed by atoms with Gasteiger partial charge in [0.15, 0.2) is 0 Å². The third kappa shape index (κ3) is 4.55. The Bertz CT molecular complexity index is 135. The van der Waals surface area contributed by atoms with Crippen molar-refractivity contribution in [1.82, 2.24) is 4.67 Å². The first-order valence-electron chi connectivity index (χ1n) is 4.23. The highest BCUT2D eigenvalue weighted by Gasteiger charge is 2.10. The largest absolute Gasteiger partial charge is 0.449 e. The maximum Gasteiger partial charge on any atom is 0.412 e. The molecule has 12 heavy (non-hydrogen) atoms. The number of hydrogen-bond acceptors (Lipinski definition) is 2. The molecule has 0 saturated carbocycles. The molecule has 72 valence electrons. The Kier molecular flexibility index (Phi) is 6.09. The lowest BCUT2D eigenvalue weighted by molar-refractivity contribution is 0.116. The van der Waals surface area contributed by atoms with E-state index in [-0.39, 0.29) is 6.09 Å². The Balaban J connectivity index is 3.69. The molecule has 0 radical (unpaired) electrons. The predicted octanol–water partition coefficient (Wildman–Crippen LogP) is 2.32. The highest BCUT2D eigenvalue weighted by atomic mass is 31.1. The van der Waals surface area contributed by atoms with E-state index in [1.807, 2.05) is 27.4 Å². The van der Waals surface area contributed by atoms with Crippen LogP contribution in [0.3, 0.4) is 0 Å². The molecule has 0 aliphatic carbocycles. The van der Waals surface area contributed by atoms with E-state index in [2.05, 4.69) is 0 Å². The maximum atomic E-state index is 11.2. The van der Waals surface area contributed by atoms with Gasteiger partial charge >= 0.3 is 6.09 Å². The first kappa shape index (κ1) is 11.7. The van der Waals surface area contributed by atoms with Gasteiger partial charge in [-0.3, -0.25) is 4.67 Å². The summed E-state index contributed by atoms with van der Waals surface area (Å²) in [6.45, 7) is 9.22. The molecule has 3 nitrogen and oxygen atoms in total. The van der Waals surface area contributed by atoms with Crippen LogP contribution >= 0.6 is 8.73 Å². The van der Waals surface area contributed by atoms with Gasteiger partial charge in [0.2, 0.25) is 0 Å². The Labute approximate surface area is 76.3 Å². The van der Waals surface area contributed by atoms with Crippen molar-refractivity contribution in [2.75, 3.05) is 19.8 Å². The zero-order valence-electron chi connectivity index (χ0n) is 8.26. The van der Waals surface area contributed by atoms with E-state index in [0.717, 1.165) is 6.54 Å². The summed E-state index contributed by atoms with van der Waals surface area (Å²) >= 11 is 0. The van der Waals surface area contributed by atoms with Crippen LogP contribution in [0.4, 0.5) is 4.79 Å². The highest BCUT2D eigenvalue weighted by Crippen LogP contribution is 2.13. The third-order valence-corrected chi connectivity index (χ3v) is 2.39. The lowest BCUT2D eigenvalue weighted by Crippen LogP contribution is -2.24. The van der Waals surface area contributed by atoms with Crippen LogP contribution in [0.1, 0.15) is 20.8 Å². The van der Waals surface area contributed by atoms with Crippen molar-refractivity contribution in [1.29, 1.82) is 0 Å². The van der Waals surface area contributed by atoms with Gasteiger partial charge in [-0.1, -0.05) is 13.8 Å². The average molecular weight is 191 g/mol. The lowest BCUT2D eigenvalue weighted by Gasteiger charge is -2.18. The zero-order chi connectivity index (χ0) is 9.56. The summed E-state index contributed by atoms with van der Waals surface area (Å²) < 4.78 is 6.74. The molecule has 0 aliphatic rings. The van der Waals surface area contributed by atoms with E-state index < -0.39 is 0 Å². The molecule has 4 heteroatoms. The second-order valence-electron chi connectivity index (χ2n) is 2.94. The quantitative estimate of drug-likeness (QED) is 0.638. The minimum absolute atomic E-state index is 0.188. The second-order valence-corrected chi connectivity index (χ2v) is 3.93. The number of hydrogen-bond donors (Lipinski definition) is 0. The SMILES string of the molecule is CCN(PC)C(=O)OCC(C)C. The van der Waals surface area contributed by atoms with Crippen molar-refractivity contribution in [3.05, 3.63) is 0 Å². The van der Waals surface area contributed by atoms with E-state index in [4.69, 9.17) is 4.74 Å². The molecule has 0 aromatic heterocycles. The van der Waals surface area contributed by atoms with E-state index in [9.17, 15) is 4.79 Å². The first-order chi connectivity index (χ1) is 5.61. The minimum atomic E-state index is -0.188. The minimum Gasteiger partial charge on any atom is -0.449 e. The summed E-state index contributed by atoms with van der Waals surface area (Å²) in [6.07, 6.45) is -0.188. The number of amides is 1. The monoisotopic (exact) mass is 191 g/mol. The molecule has 0 aromatic carbocycles. The number of carbonyl (C=O) groups excluding carboxylic acids is 1. The van der Waals surface area contributed by atoms with Gasteiger partial charge in [-0.25, -0.2) is 4.79 Å². The molecule has 0 spiro atoms. The summed E-state index contributed by atoms with van der Waals surface area (Å²) in [7, 11) is 0.491. The van der Waals surface area contributed by atoms with Crippen molar-refractivity contribution in [2.24, 2.45) is 5.92 Å². The van der Waals surface area contributed by atoms with Crippen LogP contribution in [0.15, 0.2) is 0 Å². The standard InChI is InChI=1S/C8H18NO2P/c1-5-9(12-4)8(10)11-6-7(2)3/h7,12H,5-6H2,1-4H3. The Hall–Kier alpha value is -0.300. The maximum absolute atomic E-state index is 11.2. The molecule has 0 N–H and O–H groups in total. The molecular formula is C8H18NO2P. The zero-order valence-corrected chi connectivity index (χ0v) is 9.26.